The summed E-state index contributed by atoms with van der Waals surface area (Å²) in [4.78, 5) is 11.8. The minimum absolute atomic E-state index is 0.0696. The standard InChI is InChI=1S/C13H22N4O/c1-2-3-6-15-13(18)12-9-11(16-17-12)10-4-7-14-8-5-10/h9-10,14H,2-8H2,1H3,(H,15,18)(H,16,17). The zero-order chi connectivity index (χ0) is 12.8. The number of rotatable bonds is 5. The van der Waals surface area contributed by atoms with E-state index in [0.717, 1.165) is 51.0 Å². The summed E-state index contributed by atoms with van der Waals surface area (Å²) < 4.78 is 0. The molecule has 0 unspecified atom stereocenters. The van der Waals surface area contributed by atoms with Crippen LogP contribution < -0.4 is 10.6 Å². The Morgan fingerprint density at radius 1 is 1.50 bits per heavy atom. The van der Waals surface area contributed by atoms with Crippen LogP contribution in [0.2, 0.25) is 0 Å². The number of hydrogen-bond acceptors (Lipinski definition) is 3. The van der Waals surface area contributed by atoms with Crippen LogP contribution in [0.15, 0.2) is 6.07 Å². The molecule has 0 spiro atoms. The first-order valence-corrected chi connectivity index (χ1v) is 6.85. The largest absolute Gasteiger partial charge is 0.351 e. The van der Waals surface area contributed by atoms with E-state index in [4.69, 9.17) is 0 Å². The van der Waals surface area contributed by atoms with Gasteiger partial charge < -0.3 is 10.6 Å². The van der Waals surface area contributed by atoms with Gasteiger partial charge in [-0.15, -0.1) is 0 Å². The number of piperidine rings is 1. The Labute approximate surface area is 108 Å². The van der Waals surface area contributed by atoms with E-state index < -0.39 is 0 Å². The smallest absolute Gasteiger partial charge is 0.271 e. The van der Waals surface area contributed by atoms with Crippen LogP contribution in [0.5, 0.6) is 0 Å². The van der Waals surface area contributed by atoms with E-state index in [1.807, 2.05) is 6.07 Å². The van der Waals surface area contributed by atoms with E-state index in [0.29, 0.717) is 11.6 Å². The van der Waals surface area contributed by atoms with Gasteiger partial charge in [0.05, 0.1) is 0 Å². The van der Waals surface area contributed by atoms with Crippen LogP contribution >= 0.6 is 0 Å². The molecular weight excluding hydrogens is 228 g/mol. The molecule has 0 radical (unpaired) electrons. The molecular formula is C13H22N4O. The summed E-state index contributed by atoms with van der Waals surface area (Å²) in [6.45, 7) is 4.92. The summed E-state index contributed by atoms with van der Waals surface area (Å²) in [5.74, 6) is 0.441. The van der Waals surface area contributed by atoms with E-state index in [-0.39, 0.29) is 5.91 Å². The minimum atomic E-state index is -0.0696. The van der Waals surface area contributed by atoms with Crippen LogP contribution in [0, 0.1) is 0 Å². The number of unbranched alkanes of at least 4 members (excludes halogenated alkanes) is 1. The van der Waals surface area contributed by atoms with Crippen molar-refractivity contribution in [1.82, 2.24) is 20.8 Å². The summed E-state index contributed by atoms with van der Waals surface area (Å²) in [7, 11) is 0. The lowest BCUT2D eigenvalue weighted by atomic mass is 9.94. The van der Waals surface area contributed by atoms with Gasteiger partial charge in [-0.1, -0.05) is 13.3 Å². The van der Waals surface area contributed by atoms with Gasteiger partial charge in [0.2, 0.25) is 0 Å². The fraction of sp³-hybridized carbons (Fsp3) is 0.692. The molecule has 1 aliphatic heterocycles. The minimum Gasteiger partial charge on any atom is -0.351 e. The first-order chi connectivity index (χ1) is 8.81. The Bertz CT molecular complexity index is 382. The van der Waals surface area contributed by atoms with E-state index in [2.05, 4.69) is 27.8 Å². The monoisotopic (exact) mass is 250 g/mol. The van der Waals surface area contributed by atoms with Gasteiger partial charge >= 0.3 is 0 Å². The van der Waals surface area contributed by atoms with Crippen LogP contribution in [0.1, 0.15) is 54.7 Å². The number of nitrogens with zero attached hydrogens (tertiary/aromatic N) is 1. The van der Waals surface area contributed by atoms with E-state index in [1.165, 1.54) is 0 Å². The van der Waals surface area contributed by atoms with Crippen LogP contribution in [0.3, 0.4) is 0 Å². The molecule has 100 valence electrons. The third-order valence-corrected chi connectivity index (χ3v) is 3.43. The van der Waals surface area contributed by atoms with Crippen LogP contribution in [-0.4, -0.2) is 35.7 Å². The van der Waals surface area contributed by atoms with E-state index in [9.17, 15) is 4.79 Å². The lowest BCUT2D eigenvalue weighted by molar-refractivity contribution is 0.0948. The molecule has 1 aliphatic rings. The average Bonchev–Trinajstić information content (AvgIpc) is 2.89. The Morgan fingerprint density at radius 3 is 3.00 bits per heavy atom. The van der Waals surface area contributed by atoms with Crippen molar-refractivity contribution in [3.63, 3.8) is 0 Å². The fourth-order valence-corrected chi connectivity index (χ4v) is 2.26. The maximum absolute atomic E-state index is 11.8. The maximum atomic E-state index is 11.8. The summed E-state index contributed by atoms with van der Waals surface area (Å²) in [6.07, 6.45) is 4.32. The predicted octanol–water partition coefficient (Wildman–Crippen LogP) is 1.41. The van der Waals surface area contributed by atoms with Gasteiger partial charge in [0.15, 0.2) is 0 Å². The Kier molecular flexibility index (Phi) is 4.75. The molecule has 0 bridgehead atoms. The summed E-state index contributed by atoms with van der Waals surface area (Å²) in [6, 6.07) is 1.90. The third kappa shape index (κ3) is 3.32. The fourth-order valence-electron chi connectivity index (χ4n) is 2.26. The SMILES string of the molecule is CCCCNC(=O)c1cc(C2CCNCC2)[nH]n1. The third-order valence-electron chi connectivity index (χ3n) is 3.43. The highest BCUT2D eigenvalue weighted by atomic mass is 16.1. The van der Waals surface area contributed by atoms with Crippen LogP contribution in [-0.2, 0) is 0 Å². The highest BCUT2D eigenvalue weighted by Crippen LogP contribution is 2.23. The molecule has 3 N–H and O–H groups in total. The van der Waals surface area contributed by atoms with E-state index >= 15 is 0 Å². The highest BCUT2D eigenvalue weighted by Gasteiger charge is 2.19. The number of hydrogen-bond donors (Lipinski definition) is 3. The van der Waals surface area contributed by atoms with Crippen molar-refractivity contribution in [2.24, 2.45) is 0 Å². The molecule has 1 fully saturated rings. The molecule has 5 heteroatoms. The normalized spacial score (nSPS) is 16.7. The summed E-state index contributed by atoms with van der Waals surface area (Å²) in [5, 5.41) is 13.3. The highest BCUT2D eigenvalue weighted by molar-refractivity contribution is 5.92. The Morgan fingerprint density at radius 2 is 2.28 bits per heavy atom. The number of H-pyrrole nitrogens is 1. The zero-order valence-electron chi connectivity index (χ0n) is 11.0. The number of aromatic nitrogens is 2. The molecule has 0 aliphatic carbocycles. The quantitative estimate of drug-likeness (QED) is 0.692. The molecule has 1 amide bonds. The lowest BCUT2D eigenvalue weighted by Crippen LogP contribution is -2.26. The molecule has 5 nitrogen and oxygen atoms in total. The van der Waals surface area contributed by atoms with Gasteiger partial charge in [-0.3, -0.25) is 9.89 Å². The Hall–Kier alpha value is -1.36. The second-order valence-electron chi connectivity index (χ2n) is 4.84. The van der Waals surface area contributed by atoms with Gasteiger partial charge in [0, 0.05) is 18.2 Å². The second-order valence-corrected chi connectivity index (χ2v) is 4.84. The molecule has 0 saturated carbocycles. The van der Waals surface area contributed by atoms with Crippen molar-refractivity contribution < 1.29 is 4.79 Å². The van der Waals surface area contributed by atoms with Crippen molar-refractivity contribution in [2.45, 2.75) is 38.5 Å². The molecule has 0 aromatic carbocycles. The second kappa shape index (κ2) is 6.54. The van der Waals surface area contributed by atoms with Crippen molar-refractivity contribution in [1.29, 1.82) is 0 Å². The number of nitrogens with one attached hydrogen (secondary N) is 3. The van der Waals surface area contributed by atoms with E-state index in [1.54, 1.807) is 0 Å². The van der Waals surface area contributed by atoms with Crippen molar-refractivity contribution in [2.75, 3.05) is 19.6 Å². The number of aromatic amines is 1. The lowest BCUT2D eigenvalue weighted by Gasteiger charge is -2.20. The number of carbonyl (C=O) groups is 1. The topological polar surface area (TPSA) is 69.8 Å². The molecule has 1 aromatic rings. The van der Waals surface area contributed by atoms with Crippen molar-refractivity contribution >= 4 is 5.91 Å². The summed E-state index contributed by atoms with van der Waals surface area (Å²) in [5.41, 5.74) is 1.61. The zero-order valence-corrected chi connectivity index (χ0v) is 11.0. The molecule has 18 heavy (non-hydrogen) atoms. The van der Waals surface area contributed by atoms with Crippen molar-refractivity contribution in [3.8, 4) is 0 Å². The van der Waals surface area contributed by atoms with Gasteiger partial charge in [-0.05, 0) is 38.4 Å². The number of carbonyl (C=O) groups excluding carboxylic acids is 1. The predicted molar refractivity (Wildman–Crippen MR) is 70.7 cm³/mol. The van der Waals surface area contributed by atoms with Gasteiger partial charge in [0.1, 0.15) is 5.69 Å². The summed E-state index contributed by atoms with van der Waals surface area (Å²) >= 11 is 0. The number of amides is 1. The van der Waals surface area contributed by atoms with Crippen LogP contribution in [0.25, 0.3) is 0 Å². The van der Waals surface area contributed by atoms with Gasteiger partial charge in [0.25, 0.3) is 5.91 Å². The molecule has 0 atom stereocenters. The maximum Gasteiger partial charge on any atom is 0.271 e. The molecule has 2 rings (SSSR count). The molecule has 2 heterocycles. The van der Waals surface area contributed by atoms with Crippen LogP contribution in [0.4, 0.5) is 0 Å². The first-order valence-electron chi connectivity index (χ1n) is 6.85. The average molecular weight is 250 g/mol. The van der Waals surface area contributed by atoms with Gasteiger partial charge in [-0.25, -0.2) is 0 Å². The Balaban J connectivity index is 1.90. The first kappa shape index (κ1) is 13.1. The molecule has 1 saturated heterocycles. The van der Waals surface area contributed by atoms with Gasteiger partial charge in [-0.2, -0.15) is 5.10 Å². The van der Waals surface area contributed by atoms with Crippen molar-refractivity contribution in [3.05, 3.63) is 17.5 Å². The molecule has 1 aromatic heterocycles.